The van der Waals surface area contributed by atoms with Crippen molar-refractivity contribution in [3.05, 3.63) is 76.5 Å². The molecule has 0 radical (unpaired) electrons. The Labute approximate surface area is 173 Å². The predicted octanol–water partition coefficient (Wildman–Crippen LogP) is 3.66. The summed E-state index contributed by atoms with van der Waals surface area (Å²) in [6, 6.07) is 17.0. The minimum Gasteiger partial charge on any atom is -0.361 e. The molecule has 0 unspecified atom stereocenters. The van der Waals surface area contributed by atoms with Gasteiger partial charge in [-0.05, 0) is 43.3 Å². The lowest BCUT2D eigenvalue weighted by Crippen LogP contribution is -2.47. The molecule has 0 aliphatic rings. The SMILES string of the molecule is Cc1onc(-c2ccccc2)c1C(=O)NNC(=S)NCCc1ccc(Cl)cc1. The van der Waals surface area contributed by atoms with E-state index in [2.05, 4.69) is 21.3 Å². The highest BCUT2D eigenvalue weighted by Crippen LogP contribution is 2.24. The van der Waals surface area contributed by atoms with Crippen LogP contribution in [0.15, 0.2) is 59.1 Å². The summed E-state index contributed by atoms with van der Waals surface area (Å²) >= 11 is 11.1. The van der Waals surface area contributed by atoms with Crippen LogP contribution in [0.5, 0.6) is 0 Å². The monoisotopic (exact) mass is 414 g/mol. The van der Waals surface area contributed by atoms with Gasteiger partial charge in [0, 0.05) is 17.1 Å². The number of carbonyl (C=O) groups excluding carboxylic acids is 1. The highest BCUT2D eigenvalue weighted by molar-refractivity contribution is 7.80. The molecule has 2 aromatic carbocycles. The van der Waals surface area contributed by atoms with E-state index in [1.807, 2.05) is 54.6 Å². The summed E-state index contributed by atoms with van der Waals surface area (Å²) in [5.41, 5.74) is 8.07. The number of nitrogens with one attached hydrogen (secondary N) is 3. The number of hydrazine groups is 1. The Hall–Kier alpha value is -2.90. The summed E-state index contributed by atoms with van der Waals surface area (Å²) in [6.07, 6.45) is 0.774. The lowest BCUT2D eigenvalue weighted by atomic mass is 10.1. The standard InChI is InChI=1S/C20H19ClN4O2S/c1-13-17(18(25-27-13)15-5-3-2-4-6-15)19(26)23-24-20(28)22-12-11-14-7-9-16(21)10-8-14/h2-10H,11-12H2,1H3,(H,23,26)(H2,22,24,28). The lowest BCUT2D eigenvalue weighted by molar-refractivity contribution is 0.0942. The van der Waals surface area contributed by atoms with Gasteiger partial charge in [-0.25, -0.2) is 0 Å². The number of thiocarbonyl (C=S) groups is 1. The molecule has 0 spiro atoms. The van der Waals surface area contributed by atoms with Crippen LogP contribution in [0.25, 0.3) is 11.3 Å². The molecule has 3 N–H and O–H groups in total. The van der Waals surface area contributed by atoms with Gasteiger partial charge in [0.05, 0.1) is 0 Å². The fourth-order valence-electron chi connectivity index (χ4n) is 2.62. The average molecular weight is 415 g/mol. The van der Waals surface area contributed by atoms with E-state index >= 15 is 0 Å². The van der Waals surface area contributed by atoms with E-state index in [0.717, 1.165) is 17.5 Å². The molecule has 0 aliphatic carbocycles. The normalized spacial score (nSPS) is 10.4. The number of amides is 1. The molecule has 0 fully saturated rings. The van der Waals surface area contributed by atoms with Crippen molar-refractivity contribution < 1.29 is 9.32 Å². The van der Waals surface area contributed by atoms with Crippen LogP contribution in [0, 0.1) is 6.92 Å². The van der Waals surface area contributed by atoms with Crippen LogP contribution in [0.1, 0.15) is 21.7 Å². The predicted molar refractivity (Wildman–Crippen MR) is 113 cm³/mol. The molecule has 8 heteroatoms. The van der Waals surface area contributed by atoms with Crippen LogP contribution < -0.4 is 16.2 Å². The zero-order valence-electron chi connectivity index (χ0n) is 15.2. The number of hydrogen-bond acceptors (Lipinski definition) is 4. The Morgan fingerprint density at radius 3 is 2.54 bits per heavy atom. The summed E-state index contributed by atoms with van der Waals surface area (Å²) in [5, 5.41) is 8.06. The van der Waals surface area contributed by atoms with Gasteiger partial charge < -0.3 is 9.84 Å². The van der Waals surface area contributed by atoms with Gasteiger partial charge in [0.25, 0.3) is 5.91 Å². The smallest absolute Gasteiger partial charge is 0.275 e. The maximum atomic E-state index is 12.6. The fourth-order valence-corrected chi connectivity index (χ4v) is 2.90. The molecule has 0 bridgehead atoms. The van der Waals surface area contributed by atoms with Crippen molar-refractivity contribution in [3.8, 4) is 11.3 Å². The Bertz CT molecular complexity index is 958. The van der Waals surface area contributed by atoms with Gasteiger partial charge in [0.1, 0.15) is 17.0 Å². The quantitative estimate of drug-likeness (QED) is 0.437. The van der Waals surface area contributed by atoms with E-state index in [9.17, 15) is 4.79 Å². The second-order valence-corrected chi connectivity index (χ2v) is 6.88. The lowest BCUT2D eigenvalue weighted by Gasteiger charge is -2.12. The molecule has 6 nitrogen and oxygen atoms in total. The molecule has 1 aromatic heterocycles. The maximum Gasteiger partial charge on any atom is 0.275 e. The molecule has 1 heterocycles. The zero-order valence-corrected chi connectivity index (χ0v) is 16.7. The van der Waals surface area contributed by atoms with E-state index in [4.69, 9.17) is 28.3 Å². The third-order valence-electron chi connectivity index (χ3n) is 4.04. The van der Waals surface area contributed by atoms with E-state index in [0.29, 0.717) is 33.7 Å². The van der Waals surface area contributed by atoms with Gasteiger partial charge in [-0.2, -0.15) is 0 Å². The molecule has 0 saturated carbocycles. The molecule has 28 heavy (non-hydrogen) atoms. The minimum absolute atomic E-state index is 0.317. The highest BCUT2D eigenvalue weighted by atomic mass is 35.5. The van der Waals surface area contributed by atoms with Crippen LogP contribution >= 0.6 is 23.8 Å². The second kappa shape index (κ2) is 9.34. The Morgan fingerprint density at radius 1 is 1.11 bits per heavy atom. The number of carbonyl (C=O) groups is 1. The van der Waals surface area contributed by atoms with E-state index in [1.165, 1.54) is 0 Å². The van der Waals surface area contributed by atoms with Crippen LogP contribution in [0.4, 0.5) is 0 Å². The Balaban J connectivity index is 1.52. The number of halogens is 1. The van der Waals surface area contributed by atoms with E-state index in [1.54, 1.807) is 6.92 Å². The average Bonchev–Trinajstić information content (AvgIpc) is 3.10. The third kappa shape index (κ3) is 5.09. The highest BCUT2D eigenvalue weighted by Gasteiger charge is 2.21. The number of benzene rings is 2. The van der Waals surface area contributed by atoms with Crippen molar-refractivity contribution in [2.75, 3.05) is 6.54 Å². The summed E-state index contributed by atoms with van der Waals surface area (Å²) in [5.74, 6) is 0.0548. The van der Waals surface area contributed by atoms with Gasteiger partial charge >= 0.3 is 0 Å². The summed E-state index contributed by atoms with van der Waals surface area (Å²) in [7, 11) is 0. The molecule has 3 aromatic rings. The number of nitrogens with zero attached hydrogens (tertiary/aromatic N) is 1. The summed E-state index contributed by atoms with van der Waals surface area (Å²) < 4.78 is 5.20. The molecule has 144 valence electrons. The molecule has 0 aliphatic heterocycles. The van der Waals surface area contributed by atoms with Crippen LogP contribution in [0.3, 0.4) is 0 Å². The first kappa shape index (κ1) is 19.9. The topological polar surface area (TPSA) is 79.2 Å². The van der Waals surface area contributed by atoms with E-state index in [-0.39, 0.29) is 5.91 Å². The number of aryl methyl sites for hydroxylation is 1. The summed E-state index contributed by atoms with van der Waals surface area (Å²) in [6.45, 7) is 2.31. The van der Waals surface area contributed by atoms with Gasteiger partial charge in [-0.3, -0.25) is 15.6 Å². The van der Waals surface area contributed by atoms with Gasteiger partial charge in [0.15, 0.2) is 5.11 Å². The van der Waals surface area contributed by atoms with Crippen molar-refractivity contribution in [1.29, 1.82) is 0 Å². The molecule has 0 saturated heterocycles. The third-order valence-corrected chi connectivity index (χ3v) is 4.54. The van der Waals surface area contributed by atoms with Crippen molar-refractivity contribution in [2.45, 2.75) is 13.3 Å². The second-order valence-electron chi connectivity index (χ2n) is 6.04. The molecular weight excluding hydrogens is 396 g/mol. The van der Waals surface area contributed by atoms with E-state index < -0.39 is 0 Å². The number of rotatable bonds is 5. The van der Waals surface area contributed by atoms with Crippen molar-refractivity contribution in [1.82, 2.24) is 21.3 Å². The van der Waals surface area contributed by atoms with Crippen molar-refractivity contribution in [3.63, 3.8) is 0 Å². The van der Waals surface area contributed by atoms with Gasteiger partial charge in [-0.15, -0.1) is 0 Å². The molecule has 0 atom stereocenters. The first-order chi connectivity index (χ1) is 13.5. The minimum atomic E-state index is -0.376. The largest absolute Gasteiger partial charge is 0.361 e. The first-order valence-corrected chi connectivity index (χ1v) is 9.43. The molecule has 3 rings (SSSR count). The molecular formula is C20H19ClN4O2S. The van der Waals surface area contributed by atoms with Crippen LogP contribution in [-0.4, -0.2) is 22.7 Å². The maximum absolute atomic E-state index is 12.6. The Morgan fingerprint density at radius 2 is 1.82 bits per heavy atom. The van der Waals surface area contributed by atoms with Crippen LogP contribution in [0.2, 0.25) is 5.02 Å². The van der Waals surface area contributed by atoms with Crippen molar-refractivity contribution in [2.24, 2.45) is 0 Å². The van der Waals surface area contributed by atoms with Crippen molar-refractivity contribution >= 4 is 34.8 Å². The van der Waals surface area contributed by atoms with Crippen LogP contribution in [-0.2, 0) is 6.42 Å². The first-order valence-electron chi connectivity index (χ1n) is 8.65. The fraction of sp³-hybridized carbons (Fsp3) is 0.150. The number of hydrogen-bond donors (Lipinski definition) is 3. The molecule has 1 amide bonds. The number of aromatic nitrogens is 1. The Kier molecular flexibility index (Phi) is 6.62. The van der Waals surface area contributed by atoms with Gasteiger partial charge in [0.2, 0.25) is 0 Å². The zero-order chi connectivity index (χ0) is 19.9. The van der Waals surface area contributed by atoms with Gasteiger partial charge in [-0.1, -0.05) is 59.2 Å². The summed E-state index contributed by atoms with van der Waals surface area (Å²) in [4.78, 5) is 12.6.